The molecule has 21 nitrogen and oxygen atoms in total. The van der Waals surface area contributed by atoms with Crippen molar-refractivity contribution in [1.29, 1.82) is 0 Å². The molecule has 14 N–H and O–H groups in total. The van der Waals surface area contributed by atoms with Gasteiger partial charge in [0, 0.05) is 0 Å². The molecule has 0 spiro atoms. The number of hydrogen-bond acceptors (Lipinski definition) is 21. The van der Waals surface area contributed by atoms with Crippen molar-refractivity contribution in [3.8, 4) is 0 Å². The molecule has 1 unspecified atom stereocenters. The van der Waals surface area contributed by atoms with Crippen molar-refractivity contribution in [3.05, 3.63) is 0 Å². The first-order valence-corrected chi connectivity index (χ1v) is 14.1. The van der Waals surface area contributed by atoms with Gasteiger partial charge < -0.3 is 105 Å². The highest BCUT2D eigenvalue weighted by molar-refractivity contribution is 4.97. The van der Waals surface area contributed by atoms with Gasteiger partial charge in [0.25, 0.3) is 0 Å². The predicted molar refractivity (Wildman–Crippen MR) is 134 cm³/mol. The van der Waals surface area contributed by atoms with E-state index in [-0.39, 0.29) is 0 Å². The molecule has 0 aromatic carbocycles. The molecule has 0 radical (unpaired) electrons. The molecule has 0 aromatic heterocycles. The molecule has 20 atom stereocenters. The highest BCUT2D eigenvalue weighted by Crippen LogP contribution is 2.33. The van der Waals surface area contributed by atoms with Crippen LogP contribution in [0.5, 0.6) is 0 Å². The van der Waals surface area contributed by atoms with Crippen LogP contribution >= 0.6 is 0 Å². The van der Waals surface area contributed by atoms with Gasteiger partial charge in [0.05, 0.1) is 26.4 Å². The third-order valence-corrected chi connectivity index (χ3v) is 8.19. The molecule has 4 aliphatic heterocycles. The minimum Gasteiger partial charge on any atom is -0.394 e. The summed E-state index contributed by atoms with van der Waals surface area (Å²) in [6.07, 6.45) is -35.4. The monoisotopic (exact) mass is 666 g/mol. The van der Waals surface area contributed by atoms with Crippen molar-refractivity contribution in [3.63, 3.8) is 0 Å². The largest absolute Gasteiger partial charge is 0.394 e. The molecule has 0 bridgehead atoms. The van der Waals surface area contributed by atoms with E-state index in [1.54, 1.807) is 0 Å². The molecule has 4 rings (SSSR count). The molecule has 21 heteroatoms. The van der Waals surface area contributed by atoms with E-state index in [2.05, 4.69) is 0 Å². The van der Waals surface area contributed by atoms with Crippen LogP contribution in [-0.2, 0) is 33.2 Å². The van der Waals surface area contributed by atoms with Gasteiger partial charge in [-0.25, -0.2) is 0 Å². The number of rotatable bonds is 10. The lowest BCUT2D eigenvalue weighted by atomic mass is 9.96. The van der Waals surface area contributed by atoms with Crippen LogP contribution in [0.15, 0.2) is 0 Å². The number of hydrogen-bond donors (Lipinski definition) is 14. The summed E-state index contributed by atoms with van der Waals surface area (Å²) in [6.45, 7) is -3.16. The quantitative estimate of drug-likeness (QED) is 0.103. The van der Waals surface area contributed by atoms with Crippen molar-refractivity contribution in [2.24, 2.45) is 0 Å². The Morgan fingerprint density at radius 3 is 1.44 bits per heavy atom. The summed E-state index contributed by atoms with van der Waals surface area (Å²) >= 11 is 0. The number of aliphatic hydroxyl groups excluding tert-OH is 14. The summed E-state index contributed by atoms with van der Waals surface area (Å²) in [5, 5.41) is 142. The molecule has 45 heavy (non-hydrogen) atoms. The fourth-order valence-electron chi connectivity index (χ4n) is 5.43. The van der Waals surface area contributed by atoms with Gasteiger partial charge in [-0.1, -0.05) is 0 Å². The molecule has 0 aliphatic carbocycles. The number of aliphatic hydroxyl groups is 14. The van der Waals surface area contributed by atoms with E-state index >= 15 is 0 Å². The molecule has 0 aromatic rings. The average Bonchev–Trinajstić information content (AvgIpc) is 3.03. The first kappa shape index (κ1) is 37.0. The molecular weight excluding hydrogens is 624 g/mol. The van der Waals surface area contributed by atoms with Crippen LogP contribution in [0.2, 0.25) is 0 Å². The second-order valence-electron chi connectivity index (χ2n) is 11.2. The lowest BCUT2D eigenvalue weighted by Gasteiger charge is -2.48. The lowest BCUT2D eigenvalue weighted by molar-refractivity contribution is -0.381. The zero-order valence-corrected chi connectivity index (χ0v) is 23.5. The Morgan fingerprint density at radius 1 is 0.378 bits per heavy atom. The molecule has 4 saturated heterocycles. The zero-order valence-electron chi connectivity index (χ0n) is 23.5. The summed E-state index contributed by atoms with van der Waals surface area (Å²) in [4.78, 5) is 0. The third-order valence-electron chi connectivity index (χ3n) is 8.19. The Labute approximate surface area is 254 Å². The smallest absolute Gasteiger partial charge is 0.187 e. The Balaban J connectivity index is 1.46. The second kappa shape index (κ2) is 15.6. The lowest BCUT2D eigenvalue weighted by Crippen LogP contribution is -2.66. The maximum Gasteiger partial charge on any atom is 0.187 e. The standard InChI is InChI=1S/C24H42O21/c25-1-5-9(28)12(31)16(35)22(41-5)39-4-8-10(29)13(32)17(36)23(43-8)45-20-11(30)6(2-26)42-24(18(20)37)44-19-7(3-27)40-21(38)15(34)14(19)33/h5-38H,1-4H2/t5-,6-,7-,8-,9+,10+,11+,12+,13+,14-,15-,16-,17-,18-,19-,20+,21?,22-,23+,24+/m1/s1. The van der Waals surface area contributed by atoms with E-state index in [0.717, 1.165) is 0 Å². The summed E-state index contributed by atoms with van der Waals surface area (Å²) in [5.74, 6) is 0. The topological polar surface area (TPSA) is 348 Å². The van der Waals surface area contributed by atoms with Gasteiger partial charge >= 0.3 is 0 Å². The highest BCUT2D eigenvalue weighted by Gasteiger charge is 2.54. The van der Waals surface area contributed by atoms with E-state index in [0.29, 0.717) is 0 Å². The van der Waals surface area contributed by atoms with Gasteiger partial charge in [0.1, 0.15) is 97.7 Å². The van der Waals surface area contributed by atoms with Gasteiger partial charge in [-0.15, -0.1) is 0 Å². The van der Waals surface area contributed by atoms with Crippen molar-refractivity contribution in [1.82, 2.24) is 0 Å². The summed E-state index contributed by atoms with van der Waals surface area (Å²) < 4.78 is 37.6. The van der Waals surface area contributed by atoms with E-state index in [4.69, 9.17) is 33.2 Å². The zero-order chi connectivity index (χ0) is 33.3. The minimum atomic E-state index is -2.01. The Kier molecular flexibility index (Phi) is 12.8. The molecule has 264 valence electrons. The minimum absolute atomic E-state index is 0.701. The molecule has 4 heterocycles. The normalized spacial score (nSPS) is 52.9. The first-order chi connectivity index (χ1) is 21.2. The average molecular weight is 667 g/mol. The van der Waals surface area contributed by atoms with Gasteiger partial charge in [0.15, 0.2) is 25.2 Å². The Morgan fingerprint density at radius 2 is 0.844 bits per heavy atom. The van der Waals surface area contributed by atoms with Crippen LogP contribution in [0.4, 0.5) is 0 Å². The van der Waals surface area contributed by atoms with Gasteiger partial charge in [-0.3, -0.25) is 0 Å². The highest BCUT2D eigenvalue weighted by atomic mass is 16.8. The van der Waals surface area contributed by atoms with Crippen LogP contribution in [0.3, 0.4) is 0 Å². The van der Waals surface area contributed by atoms with E-state index < -0.39 is 149 Å². The van der Waals surface area contributed by atoms with E-state index in [1.165, 1.54) is 0 Å². The maximum absolute atomic E-state index is 11.0. The van der Waals surface area contributed by atoms with Crippen LogP contribution in [-0.4, -0.2) is 221 Å². The summed E-state index contributed by atoms with van der Waals surface area (Å²) in [5.41, 5.74) is 0. The van der Waals surface area contributed by atoms with E-state index in [9.17, 15) is 71.5 Å². The van der Waals surface area contributed by atoms with Crippen molar-refractivity contribution >= 4 is 0 Å². The SMILES string of the molecule is OC[C@H]1O[C@@H](OC[C@H]2O[C@@H](O[C@H]3[C@@H](O)[C@@H](CO)O[C@@H](O[C@H]4[C@H](O)[C@@H](O)C(O)O[C@@H]4CO)[C@@H]3O)[C@H](O)[C@@H](O)[C@H]2O)[C@H](O)[C@@H](O)[C@H]1O. The van der Waals surface area contributed by atoms with Gasteiger partial charge in [-0.2, -0.15) is 0 Å². The summed E-state index contributed by atoms with van der Waals surface area (Å²) in [6, 6.07) is 0. The predicted octanol–water partition coefficient (Wildman–Crippen LogP) is -9.75. The fourth-order valence-corrected chi connectivity index (χ4v) is 5.43. The molecular formula is C24H42O21. The van der Waals surface area contributed by atoms with Crippen molar-refractivity contribution in [2.75, 3.05) is 26.4 Å². The summed E-state index contributed by atoms with van der Waals surface area (Å²) in [7, 11) is 0. The van der Waals surface area contributed by atoms with Crippen molar-refractivity contribution in [2.45, 2.75) is 123 Å². The molecule has 0 amide bonds. The first-order valence-electron chi connectivity index (χ1n) is 14.1. The van der Waals surface area contributed by atoms with Gasteiger partial charge in [-0.05, 0) is 0 Å². The Hall–Kier alpha value is -0.840. The van der Waals surface area contributed by atoms with Crippen LogP contribution in [0.1, 0.15) is 0 Å². The Bertz CT molecular complexity index is 914. The maximum atomic E-state index is 11.0. The van der Waals surface area contributed by atoms with Crippen LogP contribution < -0.4 is 0 Å². The van der Waals surface area contributed by atoms with E-state index in [1.807, 2.05) is 0 Å². The molecule has 4 aliphatic rings. The second-order valence-corrected chi connectivity index (χ2v) is 11.2. The van der Waals surface area contributed by atoms with Crippen LogP contribution in [0.25, 0.3) is 0 Å². The molecule has 0 saturated carbocycles. The van der Waals surface area contributed by atoms with Crippen molar-refractivity contribution < 1.29 is 105 Å². The number of ether oxygens (including phenoxy) is 7. The van der Waals surface area contributed by atoms with Crippen LogP contribution in [0, 0.1) is 0 Å². The van der Waals surface area contributed by atoms with Gasteiger partial charge in [0.2, 0.25) is 0 Å². The third kappa shape index (κ3) is 7.59. The molecule has 4 fully saturated rings. The fraction of sp³-hybridized carbons (Fsp3) is 1.00.